The molecule has 50 heteroatoms. The van der Waals surface area contributed by atoms with Crippen molar-refractivity contribution in [1.82, 2.24) is 124 Å². The molecule has 2 atom stereocenters. The zero-order valence-electron chi connectivity index (χ0n) is 70.5. The van der Waals surface area contributed by atoms with Gasteiger partial charge in [0, 0.05) is 74.2 Å². The van der Waals surface area contributed by atoms with Crippen molar-refractivity contribution in [1.29, 1.82) is 0 Å². The molecule has 0 aromatic carbocycles. The Bertz CT molecular complexity index is 6610. The maximum absolute atomic E-state index is 13.8. The number of anilines is 5. The Morgan fingerprint density at radius 3 is 1.09 bits per heavy atom. The molecule has 20 rings (SSSR count). The van der Waals surface area contributed by atoms with Gasteiger partial charge in [0.2, 0.25) is 40.9 Å². The van der Waals surface area contributed by atoms with E-state index in [1.807, 2.05) is 20.8 Å². The number of aliphatic hydroxyl groups is 1. The Morgan fingerprint density at radius 2 is 0.742 bits per heavy atom. The number of allylic oxidation sites excluding steroid dienone is 1. The standard InChI is InChI=1S/C19H20F2N6O2.C17H20N6O3.C16H15F3N6O.C15H13F3N6O2.C15H13F3N6O/c1-11(2)28-13-5-8-23-14(9-13)29-18-15-16(22)24-10-25-17(15)27(26-18)12-3-6-19(20,21)7-4-12;1-25-10-6-7-19-13(8-10)26-17-14-15(18)20-9-21-16(14)23(22-17)11-4-2-3-5-12(11)24;1-9-3-6-21-10(7-9)26-14-11-12(20)22-8-23-13(11)25(24-14)15(4-2-5-15)16(17,18)19;1-8-2-3-20-9(4-8)26-13-10-11(19)21-7-22-12(10)24(23-13)14(5-25-6-14)15(16,17)18;1-8-2-5-20-9(6-8)25-13-10-11(19)21-7-22-12(10)24(23-13)14(3-4-14)15(16,17)18/h5,8-10,12H,1,3-4,6-7H2,2H3,(H2,22,24,25);6-9,11-12,24H,2-5H2,1H3,(H2,18,20,21);3,6-8H,2,4-5H2,1H3,(H2,20,22,23);2-4,7H,5-6H2,1H3,(H2,19,21,22);2,5-7H,3-4H2,1H3,(H2,19,21,22). The Kier molecular flexibility index (Phi) is 24.5. The molecule has 0 bridgehead atoms. The number of nitrogens with two attached hydrogens (primary N) is 5. The predicted octanol–water partition coefficient (Wildman–Crippen LogP) is 14.8. The Morgan fingerprint density at radius 1 is 0.409 bits per heavy atom. The summed E-state index contributed by atoms with van der Waals surface area (Å²) in [7, 11) is 1.57. The minimum Gasteiger partial charge on any atom is -0.497 e. The van der Waals surface area contributed by atoms with Crippen LogP contribution >= 0.6 is 0 Å². The van der Waals surface area contributed by atoms with Crippen LogP contribution < -0.4 is 61.8 Å². The van der Waals surface area contributed by atoms with Crippen LogP contribution in [0.15, 0.2) is 136 Å². The summed E-state index contributed by atoms with van der Waals surface area (Å²) in [5, 5.41) is 32.9. The van der Waals surface area contributed by atoms with E-state index in [2.05, 4.69) is 107 Å². The zero-order valence-corrected chi connectivity index (χ0v) is 70.5. The number of fused-ring (bicyclic) bond motifs is 5. The summed E-state index contributed by atoms with van der Waals surface area (Å²) in [6, 6.07) is 16.4. The first-order chi connectivity index (χ1) is 62.9. The van der Waals surface area contributed by atoms with Crippen LogP contribution in [0.1, 0.15) is 119 Å². The van der Waals surface area contributed by atoms with Crippen molar-refractivity contribution in [2.24, 2.45) is 0 Å². The molecule has 39 nitrogen and oxygen atoms in total. The SMILES string of the molecule is C=C(C)Oc1ccnc(Oc2nn(C3CCC(F)(F)CC3)c3ncnc(N)c23)c1.COc1ccnc(Oc2nn(C3CCCCC3O)c3ncnc(N)c23)c1.Cc1ccnc(Oc2nn(C3(C(F)(F)F)CC3)c3ncnc(N)c23)c1.Cc1ccnc(Oc2nn(C3(C(F)(F)F)CCC3)c3ncnc(N)c23)c1.Cc1ccnc(Oc2nn(C3(C(F)(F)F)COC3)c3ncnc(N)c23)c1. The number of aromatic nitrogens is 25. The topological polar surface area (TPSA) is 507 Å². The summed E-state index contributed by atoms with van der Waals surface area (Å²) in [5.74, 6) is 0.631. The Balaban J connectivity index is 0.000000120. The molecule has 5 aliphatic rings. The third kappa shape index (κ3) is 18.0. The highest BCUT2D eigenvalue weighted by Crippen LogP contribution is 2.58. The molecule has 1 aliphatic heterocycles. The lowest BCUT2D eigenvalue weighted by molar-refractivity contribution is -0.292. The van der Waals surface area contributed by atoms with Crippen LogP contribution in [-0.2, 0) is 21.4 Å². The van der Waals surface area contributed by atoms with E-state index in [1.54, 1.807) is 90.3 Å². The van der Waals surface area contributed by atoms with Gasteiger partial charge in [-0.3, -0.25) is 0 Å². The number of ether oxygens (including phenoxy) is 8. The van der Waals surface area contributed by atoms with E-state index in [0.29, 0.717) is 51.6 Å². The van der Waals surface area contributed by atoms with E-state index in [9.17, 15) is 53.4 Å². The molecule has 2 unspecified atom stereocenters. The minimum absolute atomic E-state index is 0.000510. The molecule has 0 spiro atoms. The van der Waals surface area contributed by atoms with Crippen LogP contribution in [-0.4, -0.2) is 180 Å². The highest BCUT2D eigenvalue weighted by molar-refractivity contribution is 5.94. The lowest BCUT2D eigenvalue weighted by Gasteiger charge is -2.42. The van der Waals surface area contributed by atoms with Crippen molar-refractivity contribution < 1.29 is 91.3 Å². The number of aryl methyl sites for hydroxylation is 3. The van der Waals surface area contributed by atoms with Gasteiger partial charge in [0.1, 0.15) is 99.2 Å². The number of hydrogen-bond acceptors (Lipinski definition) is 34. The first kappa shape index (κ1) is 90.3. The first-order valence-electron chi connectivity index (χ1n) is 40.7. The van der Waals surface area contributed by atoms with E-state index < -0.39 is 60.4 Å². The fourth-order valence-corrected chi connectivity index (χ4v) is 15.2. The van der Waals surface area contributed by atoms with Gasteiger partial charge in [-0.05, 0) is 133 Å². The second-order valence-electron chi connectivity index (χ2n) is 31.6. The monoisotopic (exact) mass is 1840 g/mol. The van der Waals surface area contributed by atoms with Crippen LogP contribution in [0.3, 0.4) is 0 Å². The summed E-state index contributed by atoms with van der Waals surface area (Å²) >= 11 is 0. The maximum Gasteiger partial charge on any atom is 0.418 e. The molecular formula is C82H81F11N30O9. The summed E-state index contributed by atoms with van der Waals surface area (Å²) < 4.78 is 200. The first-order valence-corrected chi connectivity index (χ1v) is 40.7. The average molecular weight is 1840 g/mol. The summed E-state index contributed by atoms with van der Waals surface area (Å²) in [4.78, 5) is 60.5. The lowest BCUT2D eigenvalue weighted by Crippen LogP contribution is -2.62. The maximum atomic E-state index is 13.8. The van der Waals surface area contributed by atoms with Crippen molar-refractivity contribution in [2.75, 3.05) is 49.0 Å². The van der Waals surface area contributed by atoms with Gasteiger partial charge in [-0.25, -0.2) is 107 Å². The molecule has 690 valence electrons. The molecule has 5 fully saturated rings. The molecule has 15 aromatic rings. The predicted molar refractivity (Wildman–Crippen MR) is 448 cm³/mol. The number of nitrogens with zero attached hydrogens (tertiary/aromatic N) is 25. The van der Waals surface area contributed by atoms with Gasteiger partial charge < -0.3 is 71.7 Å². The number of aliphatic hydroxyl groups excluding tert-OH is 1. The fourth-order valence-electron chi connectivity index (χ4n) is 15.2. The van der Waals surface area contributed by atoms with Gasteiger partial charge in [-0.1, -0.05) is 19.4 Å². The van der Waals surface area contributed by atoms with Crippen LogP contribution in [0.5, 0.6) is 70.3 Å². The normalized spacial score (nSPS) is 17.2. The Hall–Kier alpha value is -15.0. The smallest absolute Gasteiger partial charge is 0.418 e. The third-order valence-corrected chi connectivity index (χ3v) is 22.4. The minimum atomic E-state index is -4.59. The molecule has 4 aliphatic carbocycles. The van der Waals surface area contributed by atoms with Gasteiger partial charge in [0.15, 0.2) is 39.3 Å². The number of hydrogen-bond donors (Lipinski definition) is 6. The summed E-state index contributed by atoms with van der Waals surface area (Å²) in [6.07, 6.45) is 3.63. The van der Waals surface area contributed by atoms with Crippen molar-refractivity contribution in [3.63, 3.8) is 0 Å². The fraction of sp³-hybridized carbons (Fsp3) is 0.366. The highest BCUT2D eigenvalue weighted by atomic mass is 19.4. The molecule has 1 saturated heterocycles. The molecule has 4 saturated carbocycles. The molecule has 132 heavy (non-hydrogen) atoms. The highest BCUT2D eigenvalue weighted by Gasteiger charge is 2.67. The van der Waals surface area contributed by atoms with Crippen molar-refractivity contribution >= 4 is 84.3 Å². The number of methoxy groups -OCH3 is 1. The number of rotatable bonds is 18. The van der Waals surface area contributed by atoms with Gasteiger partial charge in [-0.15, -0.1) is 25.5 Å². The van der Waals surface area contributed by atoms with Gasteiger partial charge >= 0.3 is 18.5 Å². The largest absolute Gasteiger partial charge is 0.497 e. The van der Waals surface area contributed by atoms with Crippen molar-refractivity contribution in [2.45, 2.75) is 170 Å². The molecule has 16 heterocycles. The second kappa shape index (κ2) is 35.8. The van der Waals surface area contributed by atoms with Gasteiger partial charge in [0.25, 0.3) is 29.4 Å². The van der Waals surface area contributed by atoms with Crippen molar-refractivity contribution in [3.8, 4) is 70.3 Å². The zero-order chi connectivity index (χ0) is 93.6. The molecular weight excluding hydrogens is 1760 g/mol. The second-order valence-corrected chi connectivity index (χ2v) is 31.6. The number of alkyl halides is 11. The van der Waals surface area contributed by atoms with Crippen LogP contribution in [0.2, 0.25) is 0 Å². The molecule has 15 aromatic heterocycles. The average Bonchev–Trinajstić information content (AvgIpc) is 1.54. The van der Waals surface area contributed by atoms with Gasteiger partial charge in [0.05, 0.1) is 44.3 Å². The number of nitrogen functional groups attached to an aromatic ring is 5. The van der Waals surface area contributed by atoms with Gasteiger partial charge in [-0.2, -0.15) is 39.5 Å². The lowest BCUT2D eigenvalue weighted by atomic mass is 9.76. The van der Waals surface area contributed by atoms with Crippen molar-refractivity contribution in [3.05, 3.63) is 152 Å². The molecule has 0 radical (unpaired) electrons. The number of halogens is 11. The number of pyridine rings is 5. The molecule has 11 N–H and O–H groups in total. The molecule has 0 amide bonds. The van der Waals surface area contributed by atoms with E-state index in [0.717, 1.165) is 75.4 Å². The quantitative estimate of drug-likeness (QED) is 0.0343. The van der Waals surface area contributed by atoms with E-state index in [4.69, 9.17) is 66.6 Å². The summed E-state index contributed by atoms with van der Waals surface area (Å²) in [5.41, 5.74) is 26.7. The van der Waals surface area contributed by atoms with Crippen LogP contribution in [0.4, 0.5) is 77.4 Å². The van der Waals surface area contributed by atoms with E-state index in [1.165, 1.54) is 37.4 Å². The summed E-state index contributed by atoms with van der Waals surface area (Å²) in [6.45, 7) is 9.79. The van der Waals surface area contributed by atoms with Crippen LogP contribution in [0.25, 0.3) is 55.2 Å². The van der Waals surface area contributed by atoms with E-state index >= 15 is 0 Å². The van der Waals surface area contributed by atoms with Crippen LogP contribution in [0, 0.1) is 20.8 Å². The van der Waals surface area contributed by atoms with E-state index in [-0.39, 0.29) is 179 Å². The Labute approximate surface area is 738 Å². The third-order valence-electron chi connectivity index (χ3n) is 22.4.